The van der Waals surface area contributed by atoms with Gasteiger partial charge in [-0.25, -0.2) is 4.98 Å². The first-order chi connectivity index (χ1) is 8.19. The molecule has 0 aliphatic carbocycles. The van der Waals surface area contributed by atoms with Crippen molar-refractivity contribution in [2.75, 3.05) is 5.32 Å². The average molecular weight is 249 g/mol. The number of benzene rings is 1. The Morgan fingerprint density at radius 3 is 3.06 bits per heavy atom. The molecule has 2 rings (SSSR count). The van der Waals surface area contributed by atoms with Gasteiger partial charge in [-0.3, -0.25) is 0 Å². The van der Waals surface area contributed by atoms with Gasteiger partial charge in [-0.1, -0.05) is 13.3 Å². The van der Waals surface area contributed by atoms with Gasteiger partial charge in [0.05, 0.1) is 0 Å². The molecular formula is C12H15N3OS. The maximum atomic E-state index is 5.63. The minimum atomic E-state index is 0.249. The van der Waals surface area contributed by atoms with Crippen molar-refractivity contribution >= 4 is 34.1 Å². The highest BCUT2D eigenvalue weighted by Crippen LogP contribution is 2.20. The molecule has 5 heteroatoms. The summed E-state index contributed by atoms with van der Waals surface area (Å²) in [7, 11) is 0. The minimum absolute atomic E-state index is 0.249. The molecule has 90 valence electrons. The van der Waals surface area contributed by atoms with E-state index in [1.807, 2.05) is 18.2 Å². The molecule has 0 spiro atoms. The first kappa shape index (κ1) is 11.9. The van der Waals surface area contributed by atoms with Crippen LogP contribution in [0.3, 0.4) is 0 Å². The molecule has 17 heavy (non-hydrogen) atoms. The van der Waals surface area contributed by atoms with Gasteiger partial charge in [-0.2, -0.15) is 0 Å². The highest BCUT2D eigenvalue weighted by molar-refractivity contribution is 7.80. The summed E-state index contributed by atoms with van der Waals surface area (Å²) in [6.45, 7) is 2.15. The summed E-state index contributed by atoms with van der Waals surface area (Å²) in [4.78, 5) is 4.43. The quantitative estimate of drug-likeness (QED) is 0.816. The Labute approximate surface area is 105 Å². The van der Waals surface area contributed by atoms with Crippen LogP contribution in [0.4, 0.5) is 5.69 Å². The van der Waals surface area contributed by atoms with E-state index in [2.05, 4.69) is 17.2 Å². The Morgan fingerprint density at radius 2 is 2.35 bits per heavy atom. The fourth-order valence-corrected chi connectivity index (χ4v) is 1.75. The van der Waals surface area contributed by atoms with Crippen LogP contribution in [-0.2, 0) is 6.42 Å². The van der Waals surface area contributed by atoms with Crippen molar-refractivity contribution in [3.05, 3.63) is 24.1 Å². The number of anilines is 1. The molecule has 0 aliphatic heterocycles. The molecule has 0 amide bonds. The highest BCUT2D eigenvalue weighted by atomic mass is 32.1. The fourth-order valence-electron chi connectivity index (χ4n) is 1.63. The first-order valence-electron chi connectivity index (χ1n) is 5.65. The van der Waals surface area contributed by atoms with Crippen molar-refractivity contribution in [2.24, 2.45) is 5.73 Å². The van der Waals surface area contributed by atoms with Crippen LogP contribution in [0.15, 0.2) is 22.6 Å². The monoisotopic (exact) mass is 249 g/mol. The molecule has 0 saturated heterocycles. The Hall–Kier alpha value is -1.62. The molecule has 1 aromatic heterocycles. The fraction of sp³-hybridized carbons (Fsp3) is 0.333. The molecule has 3 N–H and O–H groups in total. The normalized spacial score (nSPS) is 10.6. The summed E-state index contributed by atoms with van der Waals surface area (Å²) in [5.41, 5.74) is 7.88. The lowest BCUT2D eigenvalue weighted by Crippen LogP contribution is -2.18. The molecule has 0 unspecified atom stereocenters. The van der Waals surface area contributed by atoms with E-state index in [-0.39, 0.29) is 5.11 Å². The van der Waals surface area contributed by atoms with Gasteiger partial charge in [-0.05, 0) is 36.8 Å². The molecule has 0 radical (unpaired) electrons. The van der Waals surface area contributed by atoms with Crippen LogP contribution in [-0.4, -0.2) is 10.1 Å². The number of hydrogen-bond acceptors (Lipinski definition) is 3. The topological polar surface area (TPSA) is 64.1 Å². The van der Waals surface area contributed by atoms with E-state index in [1.165, 1.54) is 0 Å². The third-order valence-electron chi connectivity index (χ3n) is 2.44. The van der Waals surface area contributed by atoms with Crippen molar-refractivity contribution in [3.63, 3.8) is 0 Å². The number of aromatic nitrogens is 1. The number of nitrogens with two attached hydrogens (primary N) is 1. The van der Waals surface area contributed by atoms with Crippen molar-refractivity contribution in [1.29, 1.82) is 0 Å². The second kappa shape index (κ2) is 5.14. The van der Waals surface area contributed by atoms with Crippen LogP contribution in [0.1, 0.15) is 25.7 Å². The molecule has 0 aliphatic rings. The molecule has 0 atom stereocenters. The Morgan fingerprint density at radius 1 is 1.53 bits per heavy atom. The van der Waals surface area contributed by atoms with E-state index in [9.17, 15) is 0 Å². The number of hydrogen-bond donors (Lipinski definition) is 2. The van der Waals surface area contributed by atoms with E-state index in [4.69, 9.17) is 22.4 Å². The Balaban J connectivity index is 2.24. The lowest BCUT2D eigenvalue weighted by atomic mass is 10.2. The van der Waals surface area contributed by atoms with E-state index in [0.717, 1.165) is 41.9 Å². The van der Waals surface area contributed by atoms with E-state index in [0.29, 0.717) is 0 Å². The summed E-state index contributed by atoms with van der Waals surface area (Å²) >= 11 is 4.79. The molecule has 0 bridgehead atoms. The number of nitrogens with one attached hydrogen (secondary N) is 1. The molecule has 4 nitrogen and oxygen atoms in total. The molecule has 0 saturated carbocycles. The van der Waals surface area contributed by atoms with Gasteiger partial charge in [0.2, 0.25) is 0 Å². The minimum Gasteiger partial charge on any atom is -0.441 e. The van der Waals surface area contributed by atoms with Gasteiger partial charge in [0.15, 0.2) is 16.6 Å². The summed E-state index contributed by atoms with van der Waals surface area (Å²) in [5, 5.41) is 3.13. The number of unbranched alkanes of at least 4 members (excludes halogenated alkanes) is 1. The zero-order valence-electron chi connectivity index (χ0n) is 9.69. The molecule has 0 fully saturated rings. The van der Waals surface area contributed by atoms with Gasteiger partial charge in [0, 0.05) is 12.1 Å². The van der Waals surface area contributed by atoms with Crippen LogP contribution in [0.5, 0.6) is 0 Å². The van der Waals surface area contributed by atoms with Crippen molar-refractivity contribution in [1.82, 2.24) is 4.98 Å². The predicted molar refractivity (Wildman–Crippen MR) is 73.0 cm³/mol. The zero-order chi connectivity index (χ0) is 12.3. The van der Waals surface area contributed by atoms with Crippen LogP contribution >= 0.6 is 12.2 Å². The highest BCUT2D eigenvalue weighted by Gasteiger charge is 2.06. The van der Waals surface area contributed by atoms with Crippen LogP contribution in [0, 0.1) is 0 Å². The molecule has 2 aromatic rings. The zero-order valence-corrected chi connectivity index (χ0v) is 10.5. The number of oxazole rings is 1. The van der Waals surface area contributed by atoms with Gasteiger partial charge < -0.3 is 15.5 Å². The predicted octanol–water partition coefficient (Wildman–Crippen LogP) is 2.83. The lowest BCUT2D eigenvalue weighted by Gasteiger charge is -2.01. The van der Waals surface area contributed by atoms with E-state index < -0.39 is 0 Å². The van der Waals surface area contributed by atoms with Crippen LogP contribution in [0.25, 0.3) is 11.1 Å². The number of rotatable bonds is 4. The summed E-state index contributed by atoms with van der Waals surface area (Å²) in [6, 6.07) is 5.63. The van der Waals surface area contributed by atoms with Crippen molar-refractivity contribution < 1.29 is 4.42 Å². The van der Waals surface area contributed by atoms with Gasteiger partial charge in [0.1, 0.15) is 5.52 Å². The lowest BCUT2D eigenvalue weighted by molar-refractivity contribution is 0.517. The maximum absolute atomic E-state index is 5.63. The Bertz CT molecular complexity index is 536. The SMILES string of the molecule is CCCCc1nc2cc(NC(N)=S)ccc2o1. The number of nitrogens with zero attached hydrogens (tertiary/aromatic N) is 1. The third-order valence-corrected chi connectivity index (χ3v) is 2.55. The first-order valence-corrected chi connectivity index (χ1v) is 6.06. The van der Waals surface area contributed by atoms with Crippen LogP contribution in [0.2, 0.25) is 0 Å². The van der Waals surface area contributed by atoms with Crippen molar-refractivity contribution in [2.45, 2.75) is 26.2 Å². The number of thiocarbonyl (C=S) groups is 1. The maximum Gasteiger partial charge on any atom is 0.195 e. The third kappa shape index (κ3) is 2.94. The molecule has 1 heterocycles. The molecular weight excluding hydrogens is 234 g/mol. The largest absolute Gasteiger partial charge is 0.441 e. The van der Waals surface area contributed by atoms with E-state index in [1.54, 1.807) is 0 Å². The summed E-state index contributed by atoms with van der Waals surface area (Å²) in [6.07, 6.45) is 3.10. The second-order valence-corrected chi connectivity index (χ2v) is 4.32. The average Bonchev–Trinajstić information content (AvgIpc) is 2.67. The standard InChI is InChI=1S/C12H15N3OS/c1-2-3-4-11-15-9-7-8(14-12(13)17)5-6-10(9)16-11/h5-7H,2-4H2,1H3,(H3,13,14,17). The molecule has 1 aromatic carbocycles. The summed E-state index contributed by atoms with van der Waals surface area (Å²) < 4.78 is 5.63. The van der Waals surface area contributed by atoms with Gasteiger partial charge >= 0.3 is 0 Å². The smallest absolute Gasteiger partial charge is 0.195 e. The van der Waals surface area contributed by atoms with Gasteiger partial charge in [-0.15, -0.1) is 0 Å². The Kier molecular flexibility index (Phi) is 3.58. The number of fused-ring (bicyclic) bond motifs is 1. The van der Waals surface area contributed by atoms with Crippen LogP contribution < -0.4 is 11.1 Å². The van der Waals surface area contributed by atoms with Gasteiger partial charge in [0.25, 0.3) is 0 Å². The second-order valence-electron chi connectivity index (χ2n) is 3.88. The van der Waals surface area contributed by atoms with Crippen molar-refractivity contribution in [3.8, 4) is 0 Å². The summed E-state index contributed by atoms with van der Waals surface area (Å²) in [5.74, 6) is 0.786. The number of aryl methyl sites for hydroxylation is 1. The van der Waals surface area contributed by atoms with E-state index >= 15 is 0 Å².